The second-order valence-electron chi connectivity index (χ2n) is 5.58. The van der Waals surface area contributed by atoms with Gasteiger partial charge in [-0.1, -0.05) is 0 Å². The molecule has 0 amide bonds. The molecular formula is C13H21N3O3S2. The topological polar surface area (TPSA) is 64.4 Å². The van der Waals surface area contributed by atoms with Gasteiger partial charge in [-0.15, -0.1) is 0 Å². The third-order valence-electron chi connectivity index (χ3n) is 4.29. The fraction of sp³-hybridized carbons (Fsp3) is 0.769. The highest BCUT2D eigenvalue weighted by Crippen LogP contribution is 2.35. The maximum absolute atomic E-state index is 13.1. The molecular weight excluding hydrogens is 310 g/mol. The molecule has 0 N–H and O–H groups in total. The molecule has 1 aromatic heterocycles. The largest absolute Gasteiger partial charge is 0.380 e. The minimum atomic E-state index is -3.49. The lowest BCUT2D eigenvalue weighted by Gasteiger charge is -2.42. The molecule has 0 bridgehead atoms. The van der Waals surface area contributed by atoms with E-state index in [1.165, 1.54) is 0 Å². The van der Waals surface area contributed by atoms with Gasteiger partial charge in [0.1, 0.15) is 4.90 Å². The number of thioether (sulfide) groups is 1. The first-order chi connectivity index (χ1) is 9.93. The van der Waals surface area contributed by atoms with Gasteiger partial charge in [0.2, 0.25) is 10.0 Å². The van der Waals surface area contributed by atoms with Crippen LogP contribution in [0.15, 0.2) is 4.90 Å². The van der Waals surface area contributed by atoms with E-state index in [1.807, 2.05) is 18.7 Å². The minimum absolute atomic E-state index is 0.0431. The lowest BCUT2D eigenvalue weighted by molar-refractivity contribution is 0.0625. The quantitative estimate of drug-likeness (QED) is 0.807. The number of rotatable bonds is 2. The van der Waals surface area contributed by atoms with Crippen LogP contribution in [0.2, 0.25) is 0 Å². The molecule has 3 rings (SSSR count). The first-order valence-electron chi connectivity index (χ1n) is 7.14. The zero-order valence-electron chi connectivity index (χ0n) is 12.6. The summed E-state index contributed by atoms with van der Waals surface area (Å²) in [6.07, 6.45) is 0.773. The van der Waals surface area contributed by atoms with Gasteiger partial charge in [-0.25, -0.2) is 8.42 Å². The Bertz CT molecular complexity index is 639. The van der Waals surface area contributed by atoms with E-state index in [0.717, 1.165) is 12.2 Å². The van der Waals surface area contributed by atoms with E-state index in [1.54, 1.807) is 23.0 Å². The number of ether oxygens (including phenoxy) is 1. The van der Waals surface area contributed by atoms with E-state index in [9.17, 15) is 8.42 Å². The Hall–Kier alpha value is -0.570. The standard InChI is InChI=1S/C13H21N3O3S2/c1-9-13(10(2)15(3)14-9)21(17,18)16-5-7-20-12-8-19-6-4-11(12)16/h11-12H,4-8H2,1-3H3/t11-,12+/m1/s1. The molecule has 6 nitrogen and oxygen atoms in total. The summed E-state index contributed by atoms with van der Waals surface area (Å²) in [4.78, 5) is 0.377. The molecule has 0 saturated carbocycles. The highest BCUT2D eigenvalue weighted by atomic mass is 32.2. The molecule has 8 heteroatoms. The zero-order chi connectivity index (χ0) is 15.2. The molecule has 2 saturated heterocycles. The number of fused-ring (bicyclic) bond motifs is 1. The van der Waals surface area contributed by atoms with Gasteiger partial charge >= 0.3 is 0 Å². The average molecular weight is 331 g/mol. The lowest BCUT2D eigenvalue weighted by atomic mass is 10.1. The summed E-state index contributed by atoms with van der Waals surface area (Å²) in [6.45, 7) is 5.43. The van der Waals surface area contributed by atoms with Gasteiger partial charge in [0, 0.05) is 37.2 Å². The van der Waals surface area contributed by atoms with E-state index in [0.29, 0.717) is 36.0 Å². The molecule has 0 radical (unpaired) electrons. The molecule has 0 spiro atoms. The Morgan fingerprint density at radius 2 is 2.14 bits per heavy atom. The molecule has 0 aromatic carbocycles. The van der Waals surface area contributed by atoms with E-state index < -0.39 is 10.0 Å². The number of sulfonamides is 1. The fourth-order valence-corrected chi connectivity index (χ4v) is 6.78. The van der Waals surface area contributed by atoms with Gasteiger partial charge in [-0.2, -0.15) is 21.2 Å². The van der Waals surface area contributed by atoms with Crippen molar-refractivity contribution in [3.8, 4) is 0 Å². The van der Waals surface area contributed by atoms with E-state index in [2.05, 4.69) is 5.10 Å². The van der Waals surface area contributed by atoms with Crippen molar-refractivity contribution in [1.82, 2.24) is 14.1 Å². The van der Waals surface area contributed by atoms with Crippen LogP contribution in [0, 0.1) is 13.8 Å². The Labute approximate surface area is 129 Å². The van der Waals surface area contributed by atoms with Gasteiger partial charge in [0.15, 0.2) is 0 Å². The summed E-state index contributed by atoms with van der Waals surface area (Å²) in [6, 6.07) is 0.0431. The molecule has 0 aliphatic carbocycles. The molecule has 2 aliphatic rings. The zero-order valence-corrected chi connectivity index (χ0v) is 14.2. The summed E-state index contributed by atoms with van der Waals surface area (Å²) in [5, 5.41) is 4.51. The van der Waals surface area contributed by atoms with Gasteiger partial charge in [-0.3, -0.25) is 4.68 Å². The molecule has 118 valence electrons. The van der Waals surface area contributed by atoms with E-state index in [4.69, 9.17) is 4.74 Å². The van der Waals surface area contributed by atoms with E-state index in [-0.39, 0.29) is 11.3 Å². The van der Waals surface area contributed by atoms with Crippen molar-refractivity contribution in [2.75, 3.05) is 25.5 Å². The van der Waals surface area contributed by atoms with Crippen molar-refractivity contribution >= 4 is 21.8 Å². The van der Waals surface area contributed by atoms with E-state index >= 15 is 0 Å². The smallest absolute Gasteiger partial charge is 0.247 e. The third-order valence-corrected chi connectivity index (χ3v) is 7.77. The Morgan fingerprint density at radius 3 is 2.81 bits per heavy atom. The summed E-state index contributed by atoms with van der Waals surface area (Å²) in [5.74, 6) is 0.822. The molecule has 3 heterocycles. The van der Waals surface area contributed by atoms with Crippen molar-refractivity contribution in [3.63, 3.8) is 0 Å². The van der Waals surface area contributed by atoms with Crippen LogP contribution in [0.25, 0.3) is 0 Å². The molecule has 2 aliphatic heterocycles. The molecule has 0 unspecified atom stereocenters. The van der Waals surface area contributed by atoms with Gasteiger partial charge < -0.3 is 4.74 Å². The maximum atomic E-state index is 13.1. The van der Waals surface area contributed by atoms with Crippen LogP contribution in [0.3, 0.4) is 0 Å². The number of aryl methyl sites for hydroxylation is 2. The Kier molecular flexibility index (Phi) is 4.06. The number of hydrogen-bond donors (Lipinski definition) is 0. The molecule has 21 heavy (non-hydrogen) atoms. The molecule has 2 fully saturated rings. The molecule has 1 aromatic rings. The number of nitrogens with zero attached hydrogens (tertiary/aromatic N) is 3. The van der Waals surface area contributed by atoms with Crippen molar-refractivity contribution in [2.45, 2.75) is 36.5 Å². The third kappa shape index (κ3) is 2.52. The predicted molar refractivity (Wildman–Crippen MR) is 82.0 cm³/mol. The highest BCUT2D eigenvalue weighted by Gasteiger charge is 2.42. The summed E-state index contributed by atoms with van der Waals surface area (Å²) >= 11 is 1.82. The number of hydrogen-bond acceptors (Lipinski definition) is 5. The predicted octanol–water partition coefficient (Wildman–Crippen LogP) is 0.932. The van der Waals surface area contributed by atoms with Crippen LogP contribution in [-0.2, 0) is 21.8 Å². The van der Waals surface area contributed by atoms with Crippen LogP contribution < -0.4 is 0 Å². The van der Waals surface area contributed by atoms with Crippen molar-refractivity contribution in [3.05, 3.63) is 11.4 Å². The minimum Gasteiger partial charge on any atom is -0.380 e. The fourth-order valence-electron chi connectivity index (χ4n) is 3.19. The first-order valence-corrected chi connectivity index (χ1v) is 9.63. The van der Waals surface area contributed by atoms with Gasteiger partial charge in [0.05, 0.1) is 18.0 Å². The van der Waals surface area contributed by atoms with Crippen LogP contribution in [0.4, 0.5) is 0 Å². The van der Waals surface area contributed by atoms with Crippen LogP contribution in [0.1, 0.15) is 17.8 Å². The second kappa shape index (κ2) is 5.57. The maximum Gasteiger partial charge on any atom is 0.247 e. The summed E-state index contributed by atoms with van der Waals surface area (Å²) in [5.41, 5.74) is 1.28. The average Bonchev–Trinajstić information content (AvgIpc) is 2.71. The van der Waals surface area contributed by atoms with Gasteiger partial charge in [-0.05, 0) is 20.3 Å². The highest BCUT2D eigenvalue weighted by molar-refractivity contribution is 8.00. The summed E-state index contributed by atoms with van der Waals surface area (Å²) < 4.78 is 35.1. The second-order valence-corrected chi connectivity index (χ2v) is 8.75. The van der Waals surface area contributed by atoms with Gasteiger partial charge in [0.25, 0.3) is 0 Å². The summed E-state index contributed by atoms with van der Waals surface area (Å²) in [7, 11) is -1.71. The van der Waals surface area contributed by atoms with Crippen LogP contribution in [-0.4, -0.2) is 59.3 Å². The SMILES string of the molecule is Cc1nn(C)c(C)c1S(=O)(=O)N1CCS[C@H]2COCC[C@H]21. The van der Waals surface area contributed by atoms with Crippen molar-refractivity contribution in [1.29, 1.82) is 0 Å². The van der Waals surface area contributed by atoms with Crippen molar-refractivity contribution < 1.29 is 13.2 Å². The normalized spacial score (nSPS) is 27.6. The Morgan fingerprint density at radius 1 is 1.38 bits per heavy atom. The number of aromatic nitrogens is 2. The van der Waals surface area contributed by atoms with Crippen molar-refractivity contribution in [2.24, 2.45) is 7.05 Å². The van der Waals surface area contributed by atoms with Crippen LogP contribution >= 0.6 is 11.8 Å². The first kappa shape index (κ1) is 15.3. The lowest BCUT2D eigenvalue weighted by Crippen LogP contribution is -2.54. The Balaban J connectivity index is 2.00. The molecule has 2 atom stereocenters. The monoisotopic (exact) mass is 331 g/mol. The van der Waals surface area contributed by atoms with Crippen LogP contribution in [0.5, 0.6) is 0 Å².